The average molecular weight is 340 g/mol. The second-order valence-electron chi connectivity index (χ2n) is 6.32. The van der Waals surface area contributed by atoms with E-state index in [0.29, 0.717) is 17.7 Å². The summed E-state index contributed by atoms with van der Waals surface area (Å²) in [7, 11) is 0. The lowest BCUT2D eigenvalue weighted by atomic mass is 9.76. The highest BCUT2D eigenvalue weighted by Crippen LogP contribution is 2.41. The number of halogens is 1. The molecule has 0 spiro atoms. The maximum atomic E-state index is 8.78. The second kappa shape index (κ2) is 6.98. The lowest BCUT2D eigenvalue weighted by Crippen LogP contribution is -2.21. The van der Waals surface area contributed by atoms with Gasteiger partial charge in [-0.05, 0) is 31.6 Å². The monoisotopic (exact) mass is 339 g/mol. The first-order valence-electron chi connectivity index (χ1n) is 7.97. The van der Waals surface area contributed by atoms with E-state index in [1.807, 2.05) is 0 Å². The summed E-state index contributed by atoms with van der Waals surface area (Å²) in [6, 6.07) is 0. The molecule has 0 bridgehead atoms. The zero-order chi connectivity index (χ0) is 16.4. The molecule has 7 nitrogen and oxygen atoms in total. The van der Waals surface area contributed by atoms with E-state index in [2.05, 4.69) is 22.0 Å². The van der Waals surface area contributed by atoms with Crippen LogP contribution in [0.1, 0.15) is 44.3 Å². The zero-order valence-corrected chi connectivity index (χ0v) is 13.9. The van der Waals surface area contributed by atoms with Crippen LogP contribution in [0.3, 0.4) is 0 Å². The number of ether oxygens (including phenoxy) is 1. The van der Waals surface area contributed by atoms with Crippen LogP contribution in [0.5, 0.6) is 0 Å². The molecule has 8 heteroatoms. The normalized spacial score (nSPS) is 27.2. The minimum Gasteiger partial charge on any atom is -0.391 e. The summed E-state index contributed by atoms with van der Waals surface area (Å²) in [5.74, 6) is 2.36. The van der Waals surface area contributed by atoms with Gasteiger partial charge in [0.2, 0.25) is 5.95 Å². The van der Waals surface area contributed by atoms with Gasteiger partial charge in [0.15, 0.2) is 5.15 Å². The quantitative estimate of drug-likeness (QED) is 0.824. The molecule has 1 aliphatic carbocycles. The predicted molar refractivity (Wildman–Crippen MR) is 87.4 cm³/mol. The summed E-state index contributed by atoms with van der Waals surface area (Å²) in [5, 5.41) is 13.4. The number of aliphatic hydroxyl groups excluding tert-OH is 1. The third kappa shape index (κ3) is 3.73. The highest BCUT2D eigenvalue weighted by molar-refractivity contribution is 6.32. The molecule has 2 fully saturated rings. The summed E-state index contributed by atoms with van der Waals surface area (Å²) in [4.78, 5) is 8.28. The van der Waals surface area contributed by atoms with Gasteiger partial charge in [-0.3, -0.25) is 0 Å². The van der Waals surface area contributed by atoms with Crippen LogP contribution < -0.4 is 5.73 Å². The van der Waals surface area contributed by atoms with Crippen molar-refractivity contribution in [2.45, 2.75) is 44.6 Å². The number of nitrogens with zero attached hydrogens (tertiary/aromatic N) is 4. The van der Waals surface area contributed by atoms with Gasteiger partial charge in [0.25, 0.3) is 0 Å². The van der Waals surface area contributed by atoms with Crippen LogP contribution in [0.4, 0.5) is 5.95 Å². The van der Waals surface area contributed by atoms with E-state index in [1.54, 1.807) is 10.7 Å². The summed E-state index contributed by atoms with van der Waals surface area (Å²) in [6.07, 6.45) is 5.64. The number of anilines is 1. The Kier molecular flexibility index (Phi) is 4.99. The van der Waals surface area contributed by atoms with Crippen LogP contribution in [-0.2, 0) is 4.74 Å². The molecule has 4 rings (SSSR count). The Morgan fingerprint density at radius 1 is 1.43 bits per heavy atom. The molecule has 3 N–H and O–H groups in total. The summed E-state index contributed by atoms with van der Waals surface area (Å²) in [5.41, 5.74) is 6.30. The van der Waals surface area contributed by atoms with Gasteiger partial charge in [0, 0.05) is 12.5 Å². The fraction of sp³-hybridized carbons (Fsp3) is 0.667. The lowest BCUT2D eigenvalue weighted by molar-refractivity contribution is -0.00535. The number of imidazole rings is 1. The van der Waals surface area contributed by atoms with Crippen molar-refractivity contribution in [3.05, 3.63) is 17.2 Å². The van der Waals surface area contributed by atoms with Crippen molar-refractivity contribution in [1.82, 2.24) is 19.6 Å². The van der Waals surface area contributed by atoms with Crippen molar-refractivity contribution < 1.29 is 9.84 Å². The van der Waals surface area contributed by atoms with Gasteiger partial charge in [-0.25, -0.2) is 14.5 Å². The Morgan fingerprint density at radius 2 is 2.22 bits per heavy atom. The largest absolute Gasteiger partial charge is 0.391 e. The van der Waals surface area contributed by atoms with Gasteiger partial charge in [0.1, 0.15) is 11.3 Å². The number of fused-ring (bicyclic) bond motifs is 1. The third-order valence-electron chi connectivity index (χ3n) is 4.27. The first kappa shape index (κ1) is 16.4. The van der Waals surface area contributed by atoms with Crippen LogP contribution in [0, 0.1) is 5.92 Å². The fourth-order valence-electron chi connectivity index (χ4n) is 2.99. The van der Waals surface area contributed by atoms with Gasteiger partial charge < -0.3 is 15.6 Å². The average Bonchev–Trinajstić information content (AvgIpc) is 2.81. The molecular weight excluding hydrogens is 318 g/mol. The molecule has 1 aliphatic heterocycles. The van der Waals surface area contributed by atoms with Crippen LogP contribution in [0.25, 0.3) is 5.52 Å². The number of rotatable bonds is 1. The summed E-state index contributed by atoms with van der Waals surface area (Å²) >= 11 is 6.04. The molecular formula is C15H22ClN5O2. The molecule has 0 amide bonds. The number of aromatic nitrogens is 4. The SMILES string of the molecule is CC1CC(c2nc(Cl)c3cnc(N)nn23)C1.OC1CCCOC1. The van der Waals surface area contributed by atoms with Crippen LogP contribution in [0.2, 0.25) is 5.15 Å². The third-order valence-corrected chi connectivity index (χ3v) is 4.54. The zero-order valence-electron chi connectivity index (χ0n) is 13.2. The number of hydrogen-bond acceptors (Lipinski definition) is 6. The van der Waals surface area contributed by atoms with E-state index in [-0.39, 0.29) is 12.1 Å². The molecule has 1 saturated carbocycles. The Morgan fingerprint density at radius 3 is 2.78 bits per heavy atom. The molecule has 1 atom stereocenters. The van der Waals surface area contributed by atoms with Gasteiger partial charge in [-0.15, -0.1) is 5.10 Å². The van der Waals surface area contributed by atoms with Crippen LogP contribution in [0.15, 0.2) is 6.20 Å². The minimum absolute atomic E-state index is 0.186. The van der Waals surface area contributed by atoms with Gasteiger partial charge in [-0.1, -0.05) is 18.5 Å². The highest BCUT2D eigenvalue weighted by Gasteiger charge is 2.31. The molecule has 2 aliphatic rings. The van der Waals surface area contributed by atoms with E-state index in [0.717, 1.165) is 49.5 Å². The van der Waals surface area contributed by atoms with Crippen molar-refractivity contribution in [3.8, 4) is 0 Å². The smallest absolute Gasteiger partial charge is 0.238 e. The molecule has 0 aromatic carbocycles. The molecule has 2 aromatic heterocycles. The first-order valence-corrected chi connectivity index (χ1v) is 8.35. The maximum Gasteiger partial charge on any atom is 0.238 e. The number of aliphatic hydroxyl groups is 1. The predicted octanol–water partition coefficient (Wildman–Crippen LogP) is 2.03. The van der Waals surface area contributed by atoms with Crippen molar-refractivity contribution in [3.63, 3.8) is 0 Å². The molecule has 1 unspecified atom stereocenters. The molecule has 3 heterocycles. The van der Waals surface area contributed by atoms with Gasteiger partial charge >= 0.3 is 0 Å². The second-order valence-corrected chi connectivity index (χ2v) is 6.68. The topological polar surface area (TPSA) is 98.6 Å². The molecule has 2 aromatic rings. The van der Waals surface area contributed by atoms with Gasteiger partial charge in [-0.2, -0.15) is 0 Å². The van der Waals surface area contributed by atoms with Crippen molar-refractivity contribution in [2.24, 2.45) is 5.92 Å². The summed E-state index contributed by atoms with van der Waals surface area (Å²) < 4.78 is 6.66. The van der Waals surface area contributed by atoms with E-state index < -0.39 is 0 Å². The van der Waals surface area contributed by atoms with E-state index >= 15 is 0 Å². The van der Waals surface area contributed by atoms with Crippen LogP contribution in [-0.4, -0.2) is 44.0 Å². The maximum absolute atomic E-state index is 8.78. The fourth-order valence-corrected chi connectivity index (χ4v) is 3.20. The number of nitrogen functional groups attached to an aromatic ring is 1. The number of nitrogens with two attached hydrogens (primary N) is 1. The Balaban J connectivity index is 0.000000188. The standard InChI is InChI=1S/C10H12ClN5.C5H10O2/c1-5-2-6(3-5)9-14-8(11)7-4-13-10(12)15-16(7)9;6-5-2-1-3-7-4-5/h4-6H,2-3H2,1H3,(H2,12,15);5-6H,1-4H2. The minimum atomic E-state index is -0.186. The lowest BCUT2D eigenvalue weighted by Gasteiger charge is -2.31. The number of hydrogen-bond donors (Lipinski definition) is 2. The molecule has 1 saturated heterocycles. The Bertz CT molecular complexity index is 665. The van der Waals surface area contributed by atoms with E-state index in [9.17, 15) is 0 Å². The Hall–Kier alpha value is -1.44. The van der Waals surface area contributed by atoms with E-state index in [4.69, 9.17) is 27.2 Å². The highest BCUT2D eigenvalue weighted by atomic mass is 35.5. The molecule has 0 radical (unpaired) electrons. The molecule has 126 valence electrons. The van der Waals surface area contributed by atoms with Gasteiger partial charge in [0.05, 0.1) is 18.9 Å². The van der Waals surface area contributed by atoms with Crippen molar-refractivity contribution >= 4 is 23.1 Å². The van der Waals surface area contributed by atoms with E-state index in [1.165, 1.54) is 0 Å². The first-order chi connectivity index (χ1) is 11.0. The van der Waals surface area contributed by atoms with Crippen molar-refractivity contribution in [1.29, 1.82) is 0 Å². The van der Waals surface area contributed by atoms with Crippen molar-refractivity contribution in [2.75, 3.05) is 18.9 Å². The molecule has 23 heavy (non-hydrogen) atoms. The van der Waals surface area contributed by atoms with Crippen LogP contribution >= 0.6 is 11.6 Å². The Labute approximate surface area is 139 Å². The summed E-state index contributed by atoms with van der Waals surface area (Å²) in [6.45, 7) is 3.61.